The molecule has 6 heteroatoms. The Labute approximate surface area is 107 Å². The number of pyridine rings is 1. The summed E-state index contributed by atoms with van der Waals surface area (Å²) in [6, 6.07) is 4.46. The van der Waals surface area contributed by atoms with Gasteiger partial charge in [0.05, 0.1) is 0 Å². The number of amides is 1. The molecule has 0 atom stereocenters. The molecule has 0 fully saturated rings. The molecule has 0 saturated carbocycles. The molecule has 98 valence electrons. The first-order valence-corrected chi connectivity index (χ1v) is 5.33. The fourth-order valence-corrected chi connectivity index (χ4v) is 1.56. The summed E-state index contributed by atoms with van der Waals surface area (Å²) in [4.78, 5) is 17.0. The Kier molecular flexibility index (Phi) is 3.50. The van der Waals surface area contributed by atoms with Crippen LogP contribution in [0.1, 0.15) is 10.4 Å². The molecular formula is C13H9F3N2O. The molecule has 0 bridgehead atoms. The van der Waals surface area contributed by atoms with Crippen molar-refractivity contribution in [2.24, 2.45) is 0 Å². The third-order valence-electron chi connectivity index (χ3n) is 2.59. The van der Waals surface area contributed by atoms with E-state index in [9.17, 15) is 18.0 Å². The van der Waals surface area contributed by atoms with Crippen LogP contribution in [0, 0.1) is 17.5 Å². The van der Waals surface area contributed by atoms with E-state index in [4.69, 9.17) is 0 Å². The second-order valence-electron chi connectivity index (χ2n) is 3.82. The fraction of sp³-hybridized carbons (Fsp3) is 0.0769. The molecule has 0 aliphatic heterocycles. The third-order valence-corrected chi connectivity index (χ3v) is 2.59. The number of halogens is 3. The summed E-state index contributed by atoms with van der Waals surface area (Å²) in [7, 11) is 1.44. The van der Waals surface area contributed by atoms with Crippen molar-refractivity contribution in [1.82, 2.24) is 4.98 Å². The molecule has 0 radical (unpaired) electrons. The van der Waals surface area contributed by atoms with Gasteiger partial charge in [0.25, 0.3) is 5.91 Å². The summed E-state index contributed by atoms with van der Waals surface area (Å²) < 4.78 is 39.0. The quantitative estimate of drug-likeness (QED) is 0.783. The molecule has 2 aromatic rings. The summed E-state index contributed by atoms with van der Waals surface area (Å²) in [6.07, 6.45) is 2.95. The van der Waals surface area contributed by atoms with Crippen LogP contribution in [-0.2, 0) is 0 Å². The van der Waals surface area contributed by atoms with Crippen LogP contribution in [0.15, 0.2) is 36.7 Å². The van der Waals surface area contributed by atoms with Crippen molar-refractivity contribution < 1.29 is 18.0 Å². The predicted molar refractivity (Wildman–Crippen MR) is 63.3 cm³/mol. The van der Waals surface area contributed by atoms with E-state index in [-0.39, 0.29) is 5.56 Å². The molecule has 2 rings (SSSR count). The number of carbonyl (C=O) groups excluding carboxylic acids is 1. The van der Waals surface area contributed by atoms with Gasteiger partial charge in [0.15, 0.2) is 17.5 Å². The lowest BCUT2D eigenvalue weighted by atomic mass is 10.1. The number of nitrogens with zero attached hydrogens (tertiary/aromatic N) is 2. The van der Waals surface area contributed by atoms with E-state index in [2.05, 4.69) is 4.98 Å². The Balaban J connectivity index is 2.35. The largest absolute Gasteiger partial charge is 0.311 e. The zero-order valence-electron chi connectivity index (χ0n) is 9.90. The number of carbonyl (C=O) groups is 1. The second kappa shape index (κ2) is 5.09. The Morgan fingerprint density at radius 3 is 2.16 bits per heavy atom. The SMILES string of the molecule is CN(C(=O)c1cc(F)c(F)c(F)c1)c1ccncc1. The number of anilines is 1. The zero-order valence-corrected chi connectivity index (χ0v) is 9.90. The van der Waals surface area contributed by atoms with Gasteiger partial charge in [-0.05, 0) is 24.3 Å². The second-order valence-corrected chi connectivity index (χ2v) is 3.82. The van der Waals surface area contributed by atoms with Crippen molar-refractivity contribution in [3.63, 3.8) is 0 Å². The van der Waals surface area contributed by atoms with Gasteiger partial charge in [0.1, 0.15) is 0 Å². The minimum absolute atomic E-state index is 0.268. The van der Waals surface area contributed by atoms with E-state index in [0.717, 1.165) is 0 Å². The van der Waals surface area contributed by atoms with Gasteiger partial charge in [0, 0.05) is 30.7 Å². The maximum Gasteiger partial charge on any atom is 0.258 e. The monoisotopic (exact) mass is 266 g/mol. The van der Waals surface area contributed by atoms with Gasteiger partial charge >= 0.3 is 0 Å². The molecule has 1 amide bonds. The lowest BCUT2D eigenvalue weighted by molar-refractivity contribution is 0.0992. The summed E-state index contributed by atoms with van der Waals surface area (Å²) in [5.74, 6) is -5.04. The smallest absolute Gasteiger partial charge is 0.258 e. The van der Waals surface area contributed by atoms with Crippen molar-refractivity contribution in [3.8, 4) is 0 Å². The standard InChI is InChI=1S/C13H9F3N2O/c1-18(9-2-4-17-5-3-9)13(19)8-6-10(14)12(16)11(15)7-8/h2-7H,1H3. The average molecular weight is 266 g/mol. The number of hydrogen-bond donors (Lipinski definition) is 0. The molecule has 3 nitrogen and oxygen atoms in total. The molecule has 1 aromatic carbocycles. The summed E-state index contributed by atoms with van der Waals surface area (Å²) in [5.41, 5.74) is 0.237. The fourth-order valence-electron chi connectivity index (χ4n) is 1.56. The highest BCUT2D eigenvalue weighted by Crippen LogP contribution is 2.18. The van der Waals surface area contributed by atoms with Crippen molar-refractivity contribution in [2.45, 2.75) is 0 Å². The molecular weight excluding hydrogens is 257 g/mol. The van der Waals surface area contributed by atoms with Crippen LogP contribution in [0.3, 0.4) is 0 Å². The van der Waals surface area contributed by atoms with Crippen LogP contribution in [0.5, 0.6) is 0 Å². The normalized spacial score (nSPS) is 10.3. The molecule has 0 N–H and O–H groups in total. The topological polar surface area (TPSA) is 33.2 Å². The van der Waals surface area contributed by atoms with Crippen molar-refractivity contribution in [1.29, 1.82) is 0 Å². The van der Waals surface area contributed by atoms with Gasteiger partial charge in [-0.15, -0.1) is 0 Å². The predicted octanol–water partition coefficient (Wildman–Crippen LogP) is 2.78. The van der Waals surface area contributed by atoms with Gasteiger partial charge in [-0.25, -0.2) is 13.2 Å². The zero-order chi connectivity index (χ0) is 14.0. The van der Waals surface area contributed by atoms with Crippen molar-refractivity contribution in [3.05, 3.63) is 59.7 Å². The Hall–Kier alpha value is -2.37. The lowest BCUT2D eigenvalue weighted by Crippen LogP contribution is -2.26. The third kappa shape index (κ3) is 2.57. The van der Waals surface area contributed by atoms with E-state index in [1.165, 1.54) is 24.3 Å². The van der Waals surface area contributed by atoms with Crippen LogP contribution in [-0.4, -0.2) is 17.9 Å². The summed E-state index contributed by atoms with van der Waals surface area (Å²) >= 11 is 0. The first kappa shape index (κ1) is 13.1. The van der Waals surface area contributed by atoms with Crippen LogP contribution in [0.2, 0.25) is 0 Å². The van der Waals surface area contributed by atoms with E-state index < -0.39 is 23.4 Å². The van der Waals surface area contributed by atoms with Crippen molar-refractivity contribution >= 4 is 11.6 Å². The highest BCUT2D eigenvalue weighted by Gasteiger charge is 2.18. The Morgan fingerprint density at radius 1 is 1.11 bits per heavy atom. The molecule has 0 unspecified atom stereocenters. The van der Waals surface area contributed by atoms with E-state index in [1.807, 2.05) is 0 Å². The van der Waals surface area contributed by atoms with Crippen LogP contribution >= 0.6 is 0 Å². The molecule has 1 aromatic heterocycles. The molecule has 0 saturated heterocycles. The van der Waals surface area contributed by atoms with E-state index in [1.54, 1.807) is 12.1 Å². The number of rotatable bonds is 2. The molecule has 1 heterocycles. The Morgan fingerprint density at radius 2 is 1.63 bits per heavy atom. The number of hydrogen-bond acceptors (Lipinski definition) is 2. The van der Waals surface area contributed by atoms with E-state index >= 15 is 0 Å². The van der Waals surface area contributed by atoms with Gasteiger partial charge in [-0.2, -0.15) is 0 Å². The lowest BCUT2D eigenvalue weighted by Gasteiger charge is -2.17. The van der Waals surface area contributed by atoms with Crippen molar-refractivity contribution in [2.75, 3.05) is 11.9 Å². The van der Waals surface area contributed by atoms with Gasteiger partial charge in [-0.1, -0.05) is 0 Å². The average Bonchev–Trinajstić information content (AvgIpc) is 2.43. The summed E-state index contributed by atoms with van der Waals surface area (Å²) in [6.45, 7) is 0. The van der Waals surface area contributed by atoms with Gasteiger partial charge in [0.2, 0.25) is 0 Å². The maximum absolute atomic E-state index is 13.1. The van der Waals surface area contributed by atoms with Crippen LogP contribution < -0.4 is 4.90 Å². The van der Waals surface area contributed by atoms with Gasteiger partial charge < -0.3 is 4.90 Å². The first-order valence-electron chi connectivity index (χ1n) is 5.33. The highest BCUT2D eigenvalue weighted by atomic mass is 19.2. The Bertz CT molecular complexity index is 594. The number of aromatic nitrogens is 1. The minimum Gasteiger partial charge on any atom is -0.311 e. The molecule has 19 heavy (non-hydrogen) atoms. The molecule has 0 aliphatic rings. The summed E-state index contributed by atoms with van der Waals surface area (Å²) in [5, 5.41) is 0. The van der Waals surface area contributed by atoms with Gasteiger partial charge in [-0.3, -0.25) is 9.78 Å². The number of benzene rings is 1. The van der Waals surface area contributed by atoms with Crippen LogP contribution in [0.25, 0.3) is 0 Å². The maximum atomic E-state index is 13.1. The molecule has 0 spiro atoms. The van der Waals surface area contributed by atoms with E-state index in [0.29, 0.717) is 17.8 Å². The highest BCUT2D eigenvalue weighted by molar-refractivity contribution is 6.05. The minimum atomic E-state index is -1.59. The first-order chi connectivity index (χ1) is 9.00. The van der Waals surface area contributed by atoms with Crippen LogP contribution in [0.4, 0.5) is 18.9 Å². The molecule has 0 aliphatic carbocycles.